The molecule has 0 spiro atoms. The van der Waals surface area contributed by atoms with Crippen LogP contribution in [-0.4, -0.2) is 11.3 Å². The average Bonchev–Trinajstić information content (AvgIpc) is 2.25. The highest BCUT2D eigenvalue weighted by Crippen LogP contribution is 2.36. The standard InChI is InChI=1S/C9H4BrF5N2O/c10-2-5-7(8(11)12)6(18-9(13,14)15)1-4(3-16)17-5/h1,8H,2H2. The van der Waals surface area contributed by atoms with Crippen LogP contribution in [0.5, 0.6) is 5.75 Å². The first-order chi connectivity index (χ1) is 8.28. The van der Waals surface area contributed by atoms with Crippen LogP contribution in [0.25, 0.3) is 0 Å². The number of rotatable bonds is 3. The van der Waals surface area contributed by atoms with Crippen molar-refractivity contribution in [3.8, 4) is 11.8 Å². The molecule has 0 saturated heterocycles. The number of aromatic nitrogens is 1. The van der Waals surface area contributed by atoms with E-state index in [1.54, 1.807) is 0 Å². The van der Waals surface area contributed by atoms with E-state index in [2.05, 4.69) is 25.7 Å². The zero-order valence-corrected chi connectivity index (χ0v) is 10.0. The highest BCUT2D eigenvalue weighted by molar-refractivity contribution is 9.08. The first-order valence-corrected chi connectivity index (χ1v) is 5.44. The van der Waals surface area contributed by atoms with Gasteiger partial charge in [0.2, 0.25) is 0 Å². The Morgan fingerprint density at radius 2 is 2.06 bits per heavy atom. The molecule has 1 aromatic heterocycles. The van der Waals surface area contributed by atoms with Gasteiger partial charge in [-0.3, -0.25) is 0 Å². The van der Waals surface area contributed by atoms with Crippen molar-refractivity contribution in [2.24, 2.45) is 0 Å². The van der Waals surface area contributed by atoms with Gasteiger partial charge in [-0.25, -0.2) is 13.8 Å². The van der Waals surface area contributed by atoms with Crippen LogP contribution in [0.1, 0.15) is 23.4 Å². The van der Waals surface area contributed by atoms with Crippen LogP contribution in [0.4, 0.5) is 22.0 Å². The second-order valence-corrected chi connectivity index (χ2v) is 3.52. The first kappa shape index (κ1) is 14.6. The topological polar surface area (TPSA) is 45.9 Å². The molecule has 0 unspecified atom stereocenters. The molecule has 0 atom stereocenters. The lowest BCUT2D eigenvalue weighted by Crippen LogP contribution is -2.19. The van der Waals surface area contributed by atoms with Gasteiger partial charge in [0, 0.05) is 11.4 Å². The molecule has 18 heavy (non-hydrogen) atoms. The SMILES string of the molecule is N#Cc1cc(OC(F)(F)F)c(C(F)F)c(CBr)n1. The highest BCUT2D eigenvalue weighted by Gasteiger charge is 2.34. The summed E-state index contributed by atoms with van der Waals surface area (Å²) < 4.78 is 65.1. The van der Waals surface area contributed by atoms with E-state index < -0.39 is 29.8 Å². The van der Waals surface area contributed by atoms with E-state index in [1.807, 2.05) is 0 Å². The van der Waals surface area contributed by atoms with Crippen LogP contribution in [0.15, 0.2) is 6.07 Å². The van der Waals surface area contributed by atoms with E-state index in [1.165, 1.54) is 6.07 Å². The molecule has 0 N–H and O–H groups in total. The van der Waals surface area contributed by atoms with Crippen LogP contribution in [-0.2, 0) is 5.33 Å². The summed E-state index contributed by atoms with van der Waals surface area (Å²) in [5.74, 6) is -1.11. The minimum Gasteiger partial charge on any atom is -0.405 e. The molecule has 0 fully saturated rings. The molecule has 1 rings (SSSR count). The van der Waals surface area contributed by atoms with Gasteiger partial charge in [0.05, 0.1) is 11.3 Å². The number of pyridine rings is 1. The molecule has 0 bridgehead atoms. The summed E-state index contributed by atoms with van der Waals surface area (Å²) >= 11 is 2.81. The van der Waals surface area contributed by atoms with Crippen molar-refractivity contribution in [2.45, 2.75) is 18.1 Å². The molecule has 1 aromatic rings. The normalized spacial score (nSPS) is 11.4. The number of halogens is 6. The maximum atomic E-state index is 12.7. The number of ether oxygens (including phenoxy) is 1. The molecule has 0 aliphatic heterocycles. The van der Waals surface area contributed by atoms with Crippen LogP contribution in [0, 0.1) is 11.3 Å². The lowest BCUT2D eigenvalue weighted by atomic mass is 10.1. The number of hydrogen-bond acceptors (Lipinski definition) is 3. The van der Waals surface area contributed by atoms with Gasteiger partial charge in [-0.2, -0.15) is 5.26 Å². The highest BCUT2D eigenvalue weighted by atomic mass is 79.9. The molecule has 0 radical (unpaired) electrons. The molecule has 3 nitrogen and oxygen atoms in total. The maximum Gasteiger partial charge on any atom is 0.573 e. The second kappa shape index (κ2) is 5.48. The summed E-state index contributed by atoms with van der Waals surface area (Å²) in [7, 11) is 0. The van der Waals surface area contributed by atoms with Crippen molar-refractivity contribution >= 4 is 15.9 Å². The van der Waals surface area contributed by atoms with Crippen LogP contribution >= 0.6 is 15.9 Å². The van der Waals surface area contributed by atoms with Crippen molar-refractivity contribution < 1.29 is 26.7 Å². The van der Waals surface area contributed by atoms with Crippen molar-refractivity contribution in [1.29, 1.82) is 5.26 Å². The lowest BCUT2D eigenvalue weighted by molar-refractivity contribution is -0.275. The largest absolute Gasteiger partial charge is 0.573 e. The monoisotopic (exact) mass is 330 g/mol. The summed E-state index contributed by atoms with van der Waals surface area (Å²) in [6, 6.07) is 2.00. The van der Waals surface area contributed by atoms with Crippen LogP contribution in [0.2, 0.25) is 0 Å². The average molecular weight is 331 g/mol. The molecule has 0 saturated carbocycles. The minimum absolute atomic E-state index is 0.226. The molecular weight excluding hydrogens is 327 g/mol. The summed E-state index contributed by atoms with van der Waals surface area (Å²) in [5, 5.41) is 8.33. The smallest absolute Gasteiger partial charge is 0.405 e. The Bertz CT molecular complexity index is 483. The second-order valence-electron chi connectivity index (χ2n) is 2.96. The van der Waals surface area contributed by atoms with Gasteiger partial charge in [-0.1, -0.05) is 15.9 Å². The van der Waals surface area contributed by atoms with E-state index in [0.717, 1.165) is 0 Å². The number of hydrogen-bond donors (Lipinski definition) is 0. The molecular formula is C9H4BrF5N2O. The fourth-order valence-electron chi connectivity index (χ4n) is 1.18. The molecule has 0 aliphatic rings. The third-order valence-corrected chi connectivity index (χ3v) is 2.32. The Kier molecular flexibility index (Phi) is 4.45. The quantitative estimate of drug-likeness (QED) is 0.627. The number of nitrogens with zero attached hydrogens (tertiary/aromatic N) is 2. The van der Waals surface area contributed by atoms with Gasteiger partial charge in [0.25, 0.3) is 6.43 Å². The fourth-order valence-corrected chi connectivity index (χ4v) is 1.61. The van der Waals surface area contributed by atoms with Crippen molar-refractivity contribution in [1.82, 2.24) is 4.98 Å². The lowest BCUT2D eigenvalue weighted by Gasteiger charge is -2.15. The predicted molar refractivity (Wildman–Crippen MR) is 53.2 cm³/mol. The van der Waals surface area contributed by atoms with Crippen LogP contribution < -0.4 is 4.74 Å². The maximum absolute atomic E-state index is 12.7. The Hall–Kier alpha value is -1.43. The molecule has 98 valence electrons. The summed E-state index contributed by atoms with van der Waals surface area (Å²) in [4.78, 5) is 3.49. The summed E-state index contributed by atoms with van der Waals surface area (Å²) in [6.45, 7) is 0. The third-order valence-electron chi connectivity index (χ3n) is 1.78. The van der Waals surface area contributed by atoms with Gasteiger partial charge >= 0.3 is 6.36 Å². The molecule has 0 aliphatic carbocycles. The zero-order valence-electron chi connectivity index (χ0n) is 8.43. The Balaban J connectivity index is 3.40. The Labute approximate surface area is 106 Å². The zero-order chi connectivity index (χ0) is 13.9. The summed E-state index contributed by atoms with van der Waals surface area (Å²) in [6.07, 6.45) is -8.32. The molecule has 0 aromatic carbocycles. The third kappa shape index (κ3) is 3.53. The summed E-state index contributed by atoms with van der Waals surface area (Å²) in [5.41, 5.74) is -1.79. The number of alkyl halides is 6. The fraction of sp³-hybridized carbons (Fsp3) is 0.333. The molecule has 1 heterocycles. The van der Waals surface area contributed by atoms with Gasteiger partial charge in [0.1, 0.15) is 17.5 Å². The van der Waals surface area contributed by atoms with Gasteiger partial charge in [-0.05, 0) is 0 Å². The Morgan fingerprint density at radius 1 is 1.44 bits per heavy atom. The van der Waals surface area contributed by atoms with Gasteiger partial charge in [0.15, 0.2) is 0 Å². The number of nitriles is 1. The minimum atomic E-state index is -5.12. The van der Waals surface area contributed by atoms with E-state index >= 15 is 0 Å². The first-order valence-electron chi connectivity index (χ1n) is 4.32. The van der Waals surface area contributed by atoms with Crippen molar-refractivity contribution in [3.63, 3.8) is 0 Å². The van der Waals surface area contributed by atoms with E-state index in [-0.39, 0.29) is 11.0 Å². The van der Waals surface area contributed by atoms with Crippen molar-refractivity contribution in [3.05, 3.63) is 23.0 Å². The van der Waals surface area contributed by atoms with Gasteiger partial charge in [-0.15, -0.1) is 13.2 Å². The van der Waals surface area contributed by atoms with Crippen LogP contribution in [0.3, 0.4) is 0 Å². The molecule has 0 amide bonds. The predicted octanol–water partition coefficient (Wildman–Crippen LogP) is 3.68. The van der Waals surface area contributed by atoms with E-state index in [4.69, 9.17) is 5.26 Å². The molecule has 9 heteroatoms. The van der Waals surface area contributed by atoms with E-state index in [9.17, 15) is 22.0 Å². The van der Waals surface area contributed by atoms with Gasteiger partial charge < -0.3 is 4.74 Å². The van der Waals surface area contributed by atoms with Crippen molar-refractivity contribution in [2.75, 3.05) is 0 Å². The Morgan fingerprint density at radius 3 is 2.44 bits per heavy atom. The van der Waals surface area contributed by atoms with E-state index in [0.29, 0.717) is 6.07 Å².